The quantitative estimate of drug-likeness (QED) is 0.863. The Morgan fingerprint density at radius 2 is 1.85 bits per heavy atom. The second-order valence-electron chi connectivity index (χ2n) is 6.32. The number of ether oxygens (including phenoxy) is 2. The van der Waals surface area contributed by atoms with Crippen LogP contribution >= 0.6 is 0 Å². The van der Waals surface area contributed by atoms with Gasteiger partial charge in [0.2, 0.25) is 0 Å². The van der Waals surface area contributed by atoms with Crippen LogP contribution in [-0.2, 0) is 6.54 Å². The maximum Gasteiger partial charge on any atom is 0.251 e. The van der Waals surface area contributed by atoms with Crippen LogP contribution in [0.5, 0.6) is 11.5 Å². The van der Waals surface area contributed by atoms with Crippen LogP contribution < -0.4 is 19.7 Å². The molecule has 6 heteroatoms. The minimum absolute atomic E-state index is 0.161. The number of amides is 1. The molecule has 1 aliphatic rings. The van der Waals surface area contributed by atoms with Gasteiger partial charge in [-0.2, -0.15) is 0 Å². The molecule has 1 aromatic carbocycles. The van der Waals surface area contributed by atoms with E-state index >= 15 is 0 Å². The molecule has 0 bridgehead atoms. The minimum atomic E-state index is -0.161. The molecule has 1 saturated heterocycles. The lowest BCUT2D eigenvalue weighted by Gasteiger charge is -2.27. The fourth-order valence-electron chi connectivity index (χ4n) is 3.09. The van der Waals surface area contributed by atoms with E-state index in [9.17, 15) is 4.79 Å². The highest BCUT2D eigenvalue weighted by Crippen LogP contribution is 2.27. The van der Waals surface area contributed by atoms with E-state index in [2.05, 4.69) is 15.2 Å². The molecular formula is C20H25N3O3. The van der Waals surface area contributed by atoms with Crippen molar-refractivity contribution < 1.29 is 14.3 Å². The van der Waals surface area contributed by atoms with Crippen LogP contribution in [0.4, 0.5) is 5.82 Å². The Bertz CT molecular complexity index is 740. The third-order valence-corrected chi connectivity index (χ3v) is 4.59. The number of anilines is 1. The zero-order chi connectivity index (χ0) is 18.4. The van der Waals surface area contributed by atoms with Gasteiger partial charge >= 0.3 is 0 Å². The fraction of sp³-hybridized carbons (Fsp3) is 0.400. The Balaban J connectivity index is 1.59. The van der Waals surface area contributed by atoms with Gasteiger partial charge in [0.25, 0.3) is 5.91 Å². The van der Waals surface area contributed by atoms with Crippen LogP contribution in [0.25, 0.3) is 0 Å². The highest BCUT2D eigenvalue weighted by molar-refractivity contribution is 5.94. The van der Waals surface area contributed by atoms with Crippen molar-refractivity contribution in [1.29, 1.82) is 0 Å². The highest BCUT2D eigenvalue weighted by Gasteiger charge is 2.13. The SMILES string of the molecule is COc1ccc(C(=O)NCc2ccc(N3CCCCC3)nc2)cc1OC. The summed E-state index contributed by atoms with van der Waals surface area (Å²) in [6.45, 7) is 2.57. The van der Waals surface area contributed by atoms with Crippen molar-refractivity contribution in [3.05, 3.63) is 47.7 Å². The molecule has 0 radical (unpaired) electrons. The first-order valence-electron chi connectivity index (χ1n) is 8.91. The molecule has 0 atom stereocenters. The van der Waals surface area contributed by atoms with Crippen molar-refractivity contribution in [2.24, 2.45) is 0 Å². The normalized spacial score (nSPS) is 14.0. The average Bonchev–Trinajstić information content (AvgIpc) is 2.72. The molecule has 0 spiro atoms. The Kier molecular flexibility index (Phi) is 5.94. The average molecular weight is 355 g/mol. The molecule has 0 saturated carbocycles. The molecule has 0 aliphatic carbocycles. The van der Waals surface area contributed by atoms with Crippen molar-refractivity contribution in [3.63, 3.8) is 0 Å². The molecular weight excluding hydrogens is 330 g/mol. The Morgan fingerprint density at radius 1 is 1.08 bits per heavy atom. The van der Waals surface area contributed by atoms with E-state index < -0.39 is 0 Å². The maximum absolute atomic E-state index is 12.4. The van der Waals surface area contributed by atoms with Gasteiger partial charge in [-0.1, -0.05) is 6.07 Å². The molecule has 1 N–H and O–H groups in total. The number of methoxy groups -OCH3 is 2. The van der Waals surface area contributed by atoms with Gasteiger partial charge in [-0.05, 0) is 49.1 Å². The number of aromatic nitrogens is 1. The van der Waals surface area contributed by atoms with E-state index in [0.717, 1.165) is 24.5 Å². The number of hydrogen-bond donors (Lipinski definition) is 1. The summed E-state index contributed by atoms with van der Waals surface area (Å²) in [7, 11) is 3.12. The van der Waals surface area contributed by atoms with Gasteiger partial charge in [-0.25, -0.2) is 4.98 Å². The first kappa shape index (κ1) is 18.0. The number of pyridine rings is 1. The number of nitrogens with zero attached hydrogens (tertiary/aromatic N) is 2. The standard InChI is InChI=1S/C20H25N3O3/c1-25-17-8-7-16(12-18(17)26-2)20(24)22-14-15-6-9-19(21-13-15)23-10-4-3-5-11-23/h6-9,12-13H,3-5,10-11,14H2,1-2H3,(H,22,24). The molecule has 1 aromatic heterocycles. The summed E-state index contributed by atoms with van der Waals surface area (Å²) >= 11 is 0. The van der Waals surface area contributed by atoms with E-state index in [-0.39, 0.29) is 5.91 Å². The number of piperidine rings is 1. The number of nitrogens with one attached hydrogen (secondary N) is 1. The van der Waals surface area contributed by atoms with E-state index in [1.165, 1.54) is 19.3 Å². The molecule has 3 rings (SSSR count). The van der Waals surface area contributed by atoms with E-state index in [4.69, 9.17) is 9.47 Å². The predicted molar refractivity (Wildman–Crippen MR) is 101 cm³/mol. The van der Waals surface area contributed by atoms with Crippen LogP contribution in [0.1, 0.15) is 35.2 Å². The van der Waals surface area contributed by atoms with Gasteiger partial charge in [0.1, 0.15) is 5.82 Å². The van der Waals surface area contributed by atoms with Gasteiger partial charge in [0.15, 0.2) is 11.5 Å². The number of carbonyl (C=O) groups is 1. The van der Waals surface area contributed by atoms with Crippen LogP contribution in [0.15, 0.2) is 36.5 Å². The summed E-state index contributed by atoms with van der Waals surface area (Å²) in [6.07, 6.45) is 5.59. The molecule has 6 nitrogen and oxygen atoms in total. The number of benzene rings is 1. The molecule has 0 unspecified atom stereocenters. The summed E-state index contributed by atoms with van der Waals surface area (Å²) in [5, 5.41) is 2.91. The topological polar surface area (TPSA) is 63.7 Å². The number of carbonyl (C=O) groups excluding carboxylic acids is 1. The lowest BCUT2D eigenvalue weighted by molar-refractivity contribution is 0.0950. The third-order valence-electron chi connectivity index (χ3n) is 4.59. The highest BCUT2D eigenvalue weighted by atomic mass is 16.5. The van der Waals surface area contributed by atoms with Crippen LogP contribution in [0.3, 0.4) is 0 Å². The third kappa shape index (κ3) is 4.25. The summed E-state index contributed by atoms with van der Waals surface area (Å²) in [4.78, 5) is 19.2. The zero-order valence-corrected chi connectivity index (χ0v) is 15.3. The second-order valence-corrected chi connectivity index (χ2v) is 6.32. The summed E-state index contributed by atoms with van der Waals surface area (Å²) in [5.41, 5.74) is 1.50. The maximum atomic E-state index is 12.4. The van der Waals surface area contributed by atoms with Gasteiger partial charge in [0, 0.05) is 31.4 Å². The van der Waals surface area contributed by atoms with Crippen LogP contribution in [-0.4, -0.2) is 38.2 Å². The van der Waals surface area contributed by atoms with Gasteiger partial charge < -0.3 is 19.7 Å². The van der Waals surface area contributed by atoms with E-state index in [1.807, 2.05) is 18.3 Å². The van der Waals surface area contributed by atoms with Crippen LogP contribution in [0.2, 0.25) is 0 Å². The summed E-state index contributed by atoms with van der Waals surface area (Å²) < 4.78 is 10.4. The lowest BCUT2D eigenvalue weighted by atomic mass is 10.1. The van der Waals surface area contributed by atoms with Crippen LogP contribution in [0, 0.1) is 0 Å². The molecule has 1 amide bonds. The monoisotopic (exact) mass is 355 g/mol. The number of rotatable bonds is 6. The van der Waals surface area contributed by atoms with Crippen molar-refractivity contribution in [2.75, 3.05) is 32.2 Å². The fourth-order valence-corrected chi connectivity index (χ4v) is 3.09. The summed E-state index contributed by atoms with van der Waals surface area (Å²) in [5.74, 6) is 1.99. The van der Waals surface area contributed by atoms with E-state index in [0.29, 0.717) is 23.6 Å². The predicted octanol–water partition coefficient (Wildman–Crippen LogP) is 3.02. The largest absolute Gasteiger partial charge is 0.493 e. The zero-order valence-electron chi connectivity index (χ0n) is 15.3. The first-order valence-corrected chi connectivity index (χ1v) is 8.91. The summed E-state index contributed by atoms with van der Waals surface area (Å²) in [6, 6.07) is 9.16. The van der Waals surface area contributed by atoms with Crippen molar-refractivity contribution in [1.82, 2.24) is 10.3 Å². The molecule has 26 heavy (non-hydrogen) atoms. The van der Waals surface area contributed by atoms with Gasteiger partial charge in [0.05, 0.1) is 14.2 Å². The molecule has 2 heterocycles. The smallest absolute Gasteiger partial charge is 0.251 e. The Hall–Kier alpha value is -2.76. The van der Waals surface area contributed by atoms with Crippen molar-refractivity contribution >= 4 is 11.7 Å². The second kappa shape index (κ2) is 8.56. The van der Waals surface area contributed by atoms with E-state index in [1.54, 1.807) is 32.4 Å². The number of hydrogen-bond acceptors (Lipinski definition) is 5. The molecule has 138 valence electrons. The molecule has 2 aromatic rings. The van der Waals surface area contributed by atoms with Crippen molar-refractivity contribution in [3.8, 4) is 11.5 Å². The van der Waals surface area contributed by atoms with Gasteiger partial charge in [-0.15, -0.1) is 0 Å². The molecule has 1 fully saturated rings. The minimum Gasteiger partial charge on any atom is -0.493 e. The first-order chi connectivity index (χ1) is 12.7. The Morgan fingerprint density at radius 3 is 2.50 bits per heavy atom. The Labute approximate surface area is 154 Å². The lowest BCUT2D eigenvalue weighted by Crippen LogP contribution is -2.30. The van der Waals surface area contributed by atoms with Crippen molar-refractivity contribution in [2.45, 2.75) is 25.8 Å². The molecule has 1 aliphatic heterocycles. The van der Waals surface area contributed by atoms with Gasteiger partial charge in [-0.3, -0.25) is 4.79 Å².